The summed E-state index contributed by atoms with van der Waals surface area (Å²) < 4.78 is 15.9. The summed E-state index contributed by atoms with van der Waals surface area (Å²) in [6.45, 7) is 0. The van der Waals surface area contributed by atoms with Crippen molar-refractivity contribution in [2.24, 2.45) is 0 Å². The van der Waals surface area contributed by atoms with Crippen molar-refractivity contribution in [1.29, 1.82) is 0 Å². The van der Waals surface area contributed by atoms with E-state index in [0.29, 0.717) is 27.8 Å². The highest BCUT2D eigenvalue weighted by molar-refractivity contribution is 6.31. The number of carbonyl (C=O) groups excluding carboxylic acids is 1. The average molecular weight is 360 g/mol. The summed E-state index contributed by atoms with van der Waals surface area (Å²) in [5.41, 5.74) is 0.994. The molecule has 0 saturated heterocycles. The smallest absolute Gasteiger partial charge is 0.313 e. The number of rotatable bonds is 5. The lowest BCUT2D eigenvalue weighted by Crippen LogP contribution is -2.13. The zero-order valence-corrected chi connectivity index (χ0v) is 14.2. The molecule has 0 bridgehead atoms. The molecule has 8 heteroatoms. The Labute approximate surface area is 148 Å². The molecule has 1 aromatic heterocycles. The highest BCUT2D eigenvalue weighted by Crippen LogP contribution is 2.30. The van der Waals surface area contributed by atoms with E-state index in [2.05, 4.69) is 15.5 Å². The first-order valence-electron chi connectivity index (χ1n) is 7.24. The molecular formula is C17H14ClN3O4. The van der Waals surface area contributed by atoms with Crippen LogP contribution in [0.1, 0.15) is 10.7 Å². The summed E-state index contributed by atoms with van der Waals surface area (Å²) in [5.74, 6) is 0.439. The topological polar surface area (TPSA) is 86.5 Å². The van der Waals surface area contributed by atoms with E-state index in [1.165, 1.54) is 14.2 Å². The van der Waals surface area contributed by atoms with Crippen LogP contribution in [-0.4, -0.2) is 30.3 Å². The first-order valence-corrected chi connectivity index (χ1v) is 7.62. The second kappa shape index (κ2) is 7.23. The summed E-state index contributed by atoms with van der Waals surface area (Å²) >= 11 is 5.95. The van der Waals surface area contributed by atoms with E-state index in [9.17, 15) is 4.79 Å². The standard InChI is InChI=1S/C17H14ClN3O4/c1-23-13-6-4-3-5-11(13)16-20-21-17(25-16)15(22)19-12-9-10(18)7-8-14(12)24-2/h3-9H,1-2H3,(H,19,22). The number of amides is 1. The zero-order chi connectivity index (χ0) is 17.8. The zero-order valence-electron chi connectivity index (χ0n) is 13.4. The third kappa shape index (κ3) is 3.56. The Morgan fingerprint density at radius 1 is 1.08 bits per heavy atom. The molecule has 25 heavy (non-hydrogen) atoms. The number of benzene rings is 2. The highest BCUT2D eigenvalue weighted by atomic mass is 35.5. The maximum absolute atomic E-state index is 12.4. The van der Waals surface area contributed by atoms with Crippen LogP contribution in [-0.2, 0) is 0 Å². The predicted molar refractivity (Wildman–Crippen MR) is 92.2 cm³/mol. The van der Waals surface area contributed by atoms with Gasteiger partial charge in [-0.1, -0.05) is 23.7 Å². The molecule has 0 fully saturated rings. The molecule has 0 aliphatic rings. The van der Waals surface area contributed by atoms with Crippen molar-refractivity contribution in [2.45, 2.75) is 0 Å². The molecule has 0 aliphatic heterocycles. The number of nitrogens with zero attached hydrogens (tertiary/aromatic N) is 2. The lowest BCUT2D eigenvalue weighted by Gasteiger charge is -2.08. The maximum atomic E-state index is 12.4. The molecule has 0 spiro atoms. The molecule has 0 unspecified atom stereocenters. The number of halogens is 1. The van der Waals surface area contributed by atoms with Gasteiger partial charge in [0.05, 0.1) is 25.5 Å². The van der Waals surface area contributed by atoms with Crippen LogP contribution >= 0.6 is 11.6 Å². The van der Waals surface area contributed by atoms with Gasteiger partial charge < -0.3 is 19.2 Å². The number of methoxy groups -OCH3 is 2. The molecule has 2 aromatic carbocycles. The van der Waals surface area contributed by atoms with Crippen LogP contribution in [0.4, 0.5) is 5.69 Å². The van der Waals surface area contributed by atoms with Crippen LogP contribution in [0.5, 0.6) is 11.5 Å². The molecule has 0 saturated carbocycles. The molecule has 3 aromatic rings. The van der Waals surface area contributed by atoms with E-state index in [4.69, 9.17) is 25.5 Å². The van der Waals surface area contributed by atoms with Gasteiger partial charge in [0.1, 0.15) is 11.5 Å². The molecule has 1 heterocycles. The van der Waals surface area contributed by atoms with Gasteiger partial charge in [-0.3, -0.25) is 4.79 Å². The molecule has 0 atom stereocenters. The Balaban J connectivity index is 1.85. The summed E-state index contributed by atoms with van der Waals surface area (Å²) in [4.78, 5) is 12.4. The predicted octanol–water partition coefficient (Wildman–Crippen LogP) is 3.66. The van der Waals surface area contributed by atoms with Crippen molar-refractivity contribution in [1.82, 2.24) is 10.2 Å². The maximum Gasteiger partial charge on any atom is 0.313 e. The number of aromatic nitrogens is 2. The van der Waals surface area contributed by atoms with Gasteiger partial charge in [-0.2, -0.15) is 0 Å². The minimum atomic E-state index is -0.575. The first kappa shape index (κ1) is 16.8. The Bertz CT molecular complexity index is 910. The third-order valence-electron chi connectivity index (χ3n) is 3.37. The fraction of sp³-hybridized carbons (Fsp3) is 0.118. The van der Waals surface area contributed by atoms with Gasteiger partial charge >= 0.3 is 11.8 Å². The third-order valence-corrected chi connectivity index (χ3v) is 3.60. The molecule has 7 nitrogen and oxygen atoms in total. The molecule has 0 aliphatic carbocycles. The van der Waals surface area contributed by atoms with Crippen molar-refractivity contribution in [3.8, 4) is 23.0 Å². The normalized spacial score (nSPS) is 10.4. The van der Waals surface area contributed by atoms with Crippen LogP contribution < -0.4 is 14.8 Å². The van der Waals surface area contributed by atoms with Gasteiger partial charge in [0, 0.05) is 5.02 Å². The Morgan fingerprint density at radius 2 is 1.84 bits per heavy atom. The van der Waals surface area contributed by atoms with Crippen LogP contribution in [0.25, 0.3) is 11.5 Å². The number of ether oxygens (including phenoxy) is 2. The molecule has 128 valence electrons. The van der Waals surface area contributed by atoms with Crippen LogP contribution in [0.2, 0.25) is 5.02 Å². The quantitative estimate of drug-likeness (QED) is 0.748. The number of carbonyl (C=O) groups is 1. The molecule has 1 N–H and O–H groups in total. The highest BCUT2D eigenvalue weighted by Gasteiger charge is 2.19. The first-order chi connectivity index (χ1) is 12.1. The lowest BCUT2D eigenvalue weighted by atomic mass is 10.2. The lowest BCUT2D eigenvalue weighted by molar-refractivity contribution is 0.0990. The van der Waals surface area contributed by atoms with E-state index < -0.39 is 5.91 Å². The number of nitrogens with one attached hydrogen (secondary N) is 1. The summed E-state index contributed by atoms with van der Waals surface area (Å²) in [5, 5.41) is 10.8. The van der Waals surface area contributed by atoms with Crippen LogP contribution in [0, 0.1) is 0 Å². The average Bonchev–Trinajstić information content (AvgIpc) is 3.12. The Morgan fingerprint density at radius 3 is 2.60 bits per heavy atom. The number of anilines is 1. The molecular weight excluding hydrogens is 346 g/mol. The largest absolute Gasteiger partial charge is 0.496 e. The molecule has 1 amide bonds. The summed E-state index contributed by atoms with van der Waals surface area (Å²) in [7, 11) is 3.03. The Kier molecular flexibility index (Phi) is 4.85. The fourth-order valence-electron chi connectivity index (χ4n) is 2.20. The molecule has 0 radical (unpaired) electrons. The van der Waals surface area contributed by atoms with E-state index in [1.54, 1.807) is 36.4 Å². The van der Waals surface area contributed by atoms with E-state index in [-0.39, 0.29) is 11.8 Å². The minimum Gasteiger partial charge on any atom is -0.496 e. The van der Waals surface area contributed by atoms with Gasteiger partial charge in [0.2, 0.25) is 0 Å². The Hall–Kier alpha value is -3.06. The number of hydrogen-bond donors (Lipinski definition) is 1. The van der Waals surface area contributed by atoms with Gasteiger partial charge in [0.15, 0.2) is 0 Å². The van der Waals surface area contributed by atoms with E-state index in [0.717, 1.165) is 0 Å². The fourth-order valence-corrected chi connectivity index (χ4v) is 2.37. The second-order valence-electron chi connectivity index (χ2n) is 4.91. The SMILES string of the molecule is COc1ccc(Cl)cc1NC(=O)c1nnc(-c2ccccc2OC)o1. The summed E-state index contributed by atoms with van der Waals surface area (Å²) in [6, 6.07) is 12.0. The van der Waals surface area contributed by atoms with E-state index in [1.807, 2.05) is 6.07 Å². The van der Waals surface area contributed by atoms with Gasteiger partial charge in [0.25, 0.3) is 5.89 Å². The van der Waals surface area contributed by atoms with Crippen molar-refractivity contribution in [3.63, 3.8) is 0 Å². The van der Waals surface area contributed by atoms with Crippen molar-refractivity contribution in [2.75, 3.05) is 19.5 Å². The van der Waals surface area contributed by atoms with Crippen molar-refractivity contribution in [3.05, 3.63) is 53.4 Å². The molecule has 3 rings (SSSR count). The van der Waals surface area contributed by atoms with Crippen molar-refractivity contribution < 1.29 is 18.7 Å². The number of para-hydroxylation sites is 1. The van der Waals surface area contributed by atoms with Crippen LogP contribution in [0.15, 0.2) is 46.9 Å². The van der Waals surface area contributed by atoms with Gasteiger partial charge in [-0.05, 0) is 30.3 Å². The van der Waals surface area contributed by atoms with Crippen molar-refractivity contribution >= 4 is 23.2 Å². The monoisotopic (exact) mass is 359 g/mol. The summed E-state index contributed by atoms with van der Waals surface area (Å²) in [6.07, 6.45) is 0. The van der Waals surface area contributed by atoms with Gasteiger partial charge in [-0.25, -0.2) is 0 Å². The van der Waals surface area contributed by atoms with Gasteiger partial charge in [-0.15, -0.1) is 10.2 Å². The van der Waals surface area contributed by atoms with Crippen LogP contribution in [0.3, 0.4) is 0 Å². The minimum absolute atomic E-state index is 0.181. The van der Waals surface area contributed by atoms with E-state index >= 15 is 0 Å². The second-order valence-corrected chi connectivity index (χ2v) is 5.35. The number of hydrogen-bond acceptors (Lipinski definition) is 6.